The molecule has 0 radical (unpaired) electrons. The first-order chi connectivity index (χ1) is 17.4. The van der Waals surface area contributed by atoms with Gasteiger partial charge >= 0.3 is 5.97 Å². The van der Waals surface area contributed by atoms with Crippen LogP contribution in [0.3, 0.4) is 0 Å². The molecule has 178 valence electrons. The van der Waals surface area contributed by atoms with E-state index in [2.05, 4.69) is 5.32 Å². The van der Waals surface area contributed by atoms with E-state index in [-0.39, 0.29) is 17.2 Å². The second-order valence-corrected chi connectivity index (χ2v) is 8.38. The van der Waals surface area contributed by atoms with Gasteiger partial charge in [0.15, 0.2) is 5.11 Å². The summed E-state index contributed by atoms with van der Waals surface area (Å²) < 4.78 is 7.36. The number of carbonyl (C=O) groups excluding carboxylic acids is 2. The van der Waals surface area contributed by atoms with Crippen molar-refractivity contribution in [3.8, 4) is 11.5 Å². The Kier molecular flexibility index (Phi) is 6.05. The standard InChI is InChI=1S/C27H19N3O5S/c31-24(32)16-29-15-17(21-8-4-5-9-23(21)29)14-22-25(33)28-27(36)30(26(22)34)18-10-12-20(13-11-18)35-19-6-2-1-3-7-19/h1-15H,16H2,(H,31,32)(H,28,33,36)/b22-14-. The number of benzene rings is 3. The van der Waals surface area contributed by atoms with Gasteiger partial charge in [-0.05, 0) is 60.8 Å². The topological polar surface area (TPSA) is 101 Å². The summed E-state index contributed by atoms with van der Waals surface area (Å²) >= 11 is 5.29. The Hall–Kier alpha value is -4.76. The first-order valence-electron chi connectivity index (χ1n) is 10.9. The van der Waals surface area contributed by atoms with E-state index in [1.54, 1.807) is 59.3 Å². The summed E-state index contributed by atoms with van der Waals surface area (Å²) in [5, 5.41) is 12.5. The number of nitrogens with zero attached hydrogens (tertiary/aromatic N) is 2. The number of aromatic nitrogens is 1. The number of carboxylic acid groups (broad SMARTS) is 1. The largest absolute Gasteiger partial charge is 0.480 e. The Labute approximate surface area is 211 Å². The zero-order valence-corrected chi connectivity index (χ0v) is 19.6. The number of amides is 2. The summed E-state index contributed by atoms with van der Waals surface area (Å²) in [6.07, 6.45) is 3.07. The van der Waals surface area contributed by atoms with Gasteiger partial charge in [-0.15, -0.1) is 0 Å². The van der Waals surface area contributed by atoms with Crippen LogP contribution in [0.15, 0.2) is 90.6 Å². The van der Waals surface area contributed by atoms with E-state index in [1.807, 2.05) is 30.3 Å². The Bertz CT molecular complexity index is 1540. The molecule has 8 nitrogen and oxygen atoms in total. The Balaban J connectivity index is 1.47. The van der Waals surface area contributed by atoms with Crippen molar-refractivity contribution in [2.75, 3.05) is 4.90 Å². The van der Waals surface area contributed by atoms with Crippen molar-refractivity contribution in [1.82, 2.24) is 9.88 Å². The molecule has 0 spiro atoms. The fourth-order valence-electron chi connectivity index (χ4n) is 4.00. The molecular formula is C27H19N3O5S. The smallest absolute Gasteiger partial charge is 0.323 e. The van der Waals surface area contributed by atoms with Gasteiger partial charge in [0.2, 0.25) is 0 Å². The summed E-state index contributed by atoms with van der Waals surface area (Å²) in [4.78, 5) is 38.7. The Morgan fingerprint density at radius 1 is 0.944 bits per heavy atom. The number of para-hydroxylation sites is 2. The summed E-state index contributed by atoms with van der Waals surface area (Å²) in [7, 11) is 0. The van der Waals surface area contributed by atoms with Gasteiger partial charge in [0.05, 0.1) is 5.69 Å². The van der Waals surface area contributed by atoms with Gasteiger partial charge in [0, 0.05) is 22.7 Å². The fourth-order valence-corrected chi connectivity index (χ4v) is 4.28. The van der Waals surface area contributed by atoms with Gasteiger partial charge < -0.3 is 14.4 Å². The minimum atomic E-state index is -1.00. The summed E-state index contributed by atoms with van der Waals surface area (Å²) in [6.45, 7) is -0.253. The number of carbonyl (C=O) groups is 3. The first kappa shape index (κ1) is 23.0. The third-order valence-electron chi connectivity index (χ3n) is 5.60. The van der Waals surface area contributed by atoms with Gasteiger partial charge in [0.25, 0.3) is 11.8 Å². The highest BCUT2D eigenvalue weighted by Crippen LogP contribution is 2.29. The van der Waals surface area contributed by atoms with Crippen LogP contribution in [0.5, 0.6) is 11.5 Å². The minimum Gasteiger partial charge on any atom is -0.480 e. The number of rotatable bonds is 6. The molecule has 1 aromatic heterocycles. The zero-order chi connectivity index (χ0) is 25.2. The van der Waals surface area contributed by atoms with Gasteiger partial charge in [-0.25, -0.2) is 0 Å². The third kappa shape index (κ3) is 4.47. The molecule has 2 heterocycles. The number of hydrogen-bond acceptors (Lipinski definition) is 5. The molecule has 1 aliphatic rings. The van der Waals surface area contributed by atoms with Crippen molar-refractivity contribution in [1.29, 1.82) is 0 Å². The average Bonchev–Trinajstić information content (AvgIpc) is 3.20. The van der Waals surface area contributed by atoms with E-state index in [4.69, 9.17) is 17.0 Å². The van der Waals surface area contributed by atoms with Crippen molar-refractivity contribution in [2.24, 2.45) is 0 Å². The van der Waals surface area contributed by atoms with Crippen molar-refractivity contribution < 1.29 is 24.2 Å². The molecule has 3 aromatic carbocycles. The van der Waals surface area contributed by atoms with Gasteiger partial charge in [-0.1, -0.05) is 36.4 Å². The molecule has 36 heavy (non-hydrogen) atoms. The van der Waals surface area contributed by atoms with Crippen LogP contribution < -0.4 is 15.0 Å². The highest BCUT2D eigenvalue weighted by atomic mass is 32.1. The number of anilines is 1. The lowest BCUT2D eigenvalue weighted by molar-refractivity contribution is -0.137. The van der Waals surface area contributed by atoms with Crippen molar-refractivity contribution >= 4 is 57.8 Å². The molecule has 4 aromatic rings. The van der Waals surface area contributed by atoms with Gasteiger partial charge in [-0.2, -0.15) is 0 Å². The predicted octanol–water partition coefficient (Wildman–Crippen LogP) is 4.35. The monoisotopic (exact) mass is 497 g/mol. The lowest BCUT2D eigenvalue weighted by atomic mass is 10.1. The van der Waals surface area contributed by atoms with Crippen LogP contribution in [-0.2, 0) is 20.9 Å². The van der Waals surface area contributed by atoms with Crippen LogP contribution in [-0.4, -0.2) is 32.6 Å². The minimum absolute atomic E-state index is 0.0350. The number of nitrogens with one attached hydrogen (secondary N) is 1. The number of thiocarbonyl (C=S) groups is 1. The molecule has 2 N–H and O–H groups in total. The number of hydrogen-bond donors (Lipinski definition) is 2. The first-order valence-corrected chi connectivity index (χ1v) is 11.4. The van der Waals surface area contributed by atoms with Crippen molar-refractivity contribution in [2.45, 2.75) is 6.54 Å². The lowest BCUT2D eigenvalue weighted by Crippen LogP contribution is -2.54. The molecule has 0 bridgehead atoms. The number of ether oxygens (including phenoxy) is 1. The van der Waals surface area contributed by atoms with Crippen LogP contribution in [0.25, 0.3) is 17.0 Å². The molecule has 0 atom stereocenters. The van der Waals surface area contributed by atoms with Gasteiger partial charge in [-0.3, -0.25) is 24.6 Å². The van der Waals surface area contributed by atoms with E-state index < -0.39 is 17.8 Å². The van der Waals surface area contributed by atoms with E-state index in [0.717, 1.165) is 0 Å². The molecule has 5 rings (SSSR count). The molecule has 1 saturated heterocycles. The highest BCUT2D eigenvalue weighted by Gasteiger charge is 2.34. The average molecular weight is 498 g/mol. The van der Waals surface area contributed by atoms with E-state index in [1.165, 1.54) is 11.0 Å². The number of aliphatic carboxylic acids is 1. The summed E-state index contributed by atoms with van der Waals surface area (Å²) in [5.74, 6) is -0.964. The molecular weight excluding hydrogens is 478 g/mol. The zero-order valence-electron chi connectivity index (χ0n) is 18.8. The summed E-state index contributed by atoms with van der Waals surface area (Å²) in [5.41, 5.74) is 1.57. The van der Waals surface area contributed by atoms with Crippen LogP contribution in [0, 0.1) is 0 Å². The summed E-state index contributed by atoms with van der Waals surface area (Å²) in [6, 6.07) is 23.2. The highest BCUT2D eigenvalue weighted by molar-refractivity contribution is 7.80. The maximum Gasteiger partial charge on any atom is 0.323 e. The van der Waals surface area contributed by atoms with E-state index in [0.29, 0.717) is 33.7 Å². The Morgan fingerprint density at radius 2 is 1.61 bits per heavy atom. The van der Waals surface area contributed by atoms with Crippen LogP contribution >= 0.6 is 12.2 Å². The maximum absolute atomic E-state index is 13.4. The number of fused-ring (bicyclic) bond motifs is 1. The molecule has 1 aliphatic heterocycles. The molecule has 0 saturated carbocycles. The maximum atomic E-state index is 13.4. The molecule has 2 amide bonds. The molecule has 0 unspecified atom stereocenters. The molecule has 1 fully saturated rings. The second kappa shape index (κ2) is 9.47. The quantitative estimate of drug-likeness (QED) is 0.233. The molecule has 9 heteroatoms. The van der Waals surface area contributed by atoms with Crippen LogP contribution in [0.4, 0.5) is 5.69 Å². The number of carboxylic acids is 1. The Morgan fingerprint density at radius 3 is 2.33 bits per heavy atom. The van der Waals surface area contributed by atoms with E-state index in [9.17, 15) is 19.5 Å². The fraction of sp³-hybridized carbons (Fsp3) is 0.0370. The third-order valence-corrected chi connectivity index (χ3v) is 5.88. The van der Waals surface area contributed by atoms with Crippen LogP contribution in [0.2, 0.25) is 0 Å². The van der Waals surface area contributed by atoms with Crippen molar-refractivity contribution in [3.05, 3.63) is 96.2 Å². The van der Waals surface area contributed by atoms with Crippen molar-refractivity contribution in [3.63, 3.8) is 0 Å². The van der Waals surface area contributed by atoms with Crippen LogP contribution in [0.1, 0.15) is 5.56 Å². The second-order valence-electron chi connectivity index (χ2n) is 7.99. The van der Waals surface area contributed by atoms with Gasteiger partial charge in [0.1, 0.15) is 23.6 Å². The molecule has 0 aliphatic carbocycles. The SMILES string of the molecule is O=C(O)Cn1cc(/C=C2/C(=O)NC(=S)N(c3ccc(Oc4ccccc4)cc3)C2=O)c2ccccc21. The normalized spacial score (nSPS) is 14.8. The van der Waals surface area contributed by atoms with E-state index >= 15 is 0 Å². The predicted molar refractivity (Wildman–Crippen MR) is 139 cm³/mol. The lowest BCUT2D eigenvalue weighted by Gasteiger charge is -2.29.